The summed E-state index contributed by atoms with van der Waals surface area (Å²) in [5.41, 5.74) is 0. The second-order valence-electron chi connectivity index (χ2n) is 2.91. The standard InChI is InChI=1S/C8H14NO2/c1-7-3-5-9(6-4-7)8(10)11-2/h3-6H2,1-2H3. The van der Waals surface area contributed by atoms with Crippen LogP contribution < -0.4 is 0 Å². The molecule has 11 heavy (non-hydrogen) atoms. The molecule has 1 saturated heterocycles. The van der Waals surface area contributed by atoms with Gasteiger partial charge in [-0.3, -0.25) is 0 Å². The molecular weight excluding hydrogens is 142 g/mol. The van der Waals surface area contributed by atoms with Crippen LogP contribution in [-0.4, -0.2) is 31.2 Å². The zero-order chi connectivity index (χ0) is 8.27. The van der Waals surface area contributed by atoms with Crippen LogP contribution in [0.5, 0.6) is 0 Å². The third-order valence-electron chi connectivity index (χ3n) is 2.05. The molecule has 1 amide bonds. The molecule has 1 heterocycles. The Balaban J connectivity index is 2.33. The molecule has 0 unspecified atom stereocenters. The summed E-state index contributed by atoms with van der Waals surface area (Å²) in [5, 5.41) is 0. The van der Waals surface area contributed by atoms with Crippen molar-refractivity contribution in [3.8, 4) is 0 Å². The maximum absolute atomic E-state index is 11.0. The first kappa shape index (κ1) is 8.37. The number of amides is 1. The van der Waals surface area contributed by atoms with Crippen molar-refractivity contribution in [1.29, 1.82) is 0 Å². The van der Waals surface area contributed by atoms with Gasteiger partial charge in [-0.15, -0.1) is 0 Å². The number of methoxy groups -OCH3 is 1. The van der Waals surface area contributed by atoms with Gasteiger partial charge >= 0.3 is 6.09 Å². The highest BCUT2D eigenvalue weighted by Crippen LogP contribution is 2.17. The Labute approximate surface area is 67.3 Å². The minimum atomic E-state index is -0.197. The Morgan fingerprint density at radius 1 is 1.45 bits per heavy atom. The molecule has 0 aliphatic carbocycles. The highest BCUT2D eigenvalue weighted by molar-refractivity contribution is 5.67. The second-order valence-corrected chi connectivity index (χ2v) is 2.91. The van der Waals surface area contributed by atoms with Crippen LogP contribution in [0.1, 0.15) is 19.8 Å². The molecule has 1 aliphatic heterocycles. The van der Waals surface area contributed by atoms with Crippen LogP contribution in [-0.2, 0) is 4.74 Å². The van der Waals surface area contributed by atoms with Crippen molar-refractivity contribution >= 4 is 6.09 Å². The van der Waals surface area contributed by atoms with Crippen LogP contribution in [0.4, 0.5) is 4.79 Å². The van der Waals surface area contributed by atoms with Crippen LogP contribution in [0.3, 0.4) is 0 Å². The smallest absolute Gasteiger partial charge is 0.409 e. The van der Waals surface area contributed by atoms with E-state index in [9.17, 15) is 4.79 Å². The number of hydrogen-bond acceptors (Lipinski definition) is 2. The Hall–Kier alpha value is -0.730. The summed E-state index contributed by atoms with van der Waals surface area (Å²) in [6.45, 7) is 3.77. The topological polar surface area (TPSA) is 29.5 Å². The number of likely N-dealkylation sites (tertiary alicyclic amines) is 1. The zero-order valence-corrected chi connectivity index (χ0v) is 7.09. The van der Waals surface area contributed by atoms with E-state index in [1.54, 1.807) is 4.90 Å². The van der Waals surface area contributed by atoms with E-state index in [-0.39, 0.29) is 6.09 Å². The average Bonchev–Trinajstić information content (AvgIpc) is 2.05. The lowest BCUT2D eigenvalue weighted by molar-refractivity contribution is 0.118. The molecule has 0 aromatic heterocycles. The molecule has 0 bridgehead atoms. The second kappa shape index (κ2) is 3.60. The highest BCUT2D eigenvalue weighted by Gasteiger charge is 2.20. The summed E-state index contributed by atoms with van der Waals surface area (Å²) in [7, 11) is 1.42. The van der Waals surface area contributed by atoms with Crippen LogP contribution >= 0.6 is 0 Å². The molecule has 1 radical (unpaired) electrons. The normalized spacial score (nSPS) is 20.0. The quantitative estimate of drug-likeness (QED) is 0.531. The van der Waals surface area contributed by atoms with Crippen molar-refractivity contribution in [3.63, 3.8) is 0 Å². The fraction of sp³-hybridized carbons (Fsp3) is 0.750. The van der Waals surface area contributed by atoms with Gasteiger partial charge in [0.15, 0.2) is 0 Å². The fourth-order valence-corrected chi connectivity index (χ4v) is 1.20. The van der Waals surface area contributed by atoms with E-state index >= 15 is 0 Å². The molecule has 3 nitrogen and oxygen atoms in total. The Bertz CT molecular complexity index is 139. The van der Waals surface area contributed by atoms with Crippen LogP contribution in [0.15, 0.2) is 0 Å². The highest BCUT2D eigenvalue weighted by atomic mass is 16.5. The minimum Gasteiger partial charge on any atom is -0.453 e. The van der Waals surface area contributed by atoms with Gasteiger partial charge in [0.05, 0.1) is 7.11 Å². The van der Waals surface area contributed by atoms with E-state index < -0.39 is 0 Å². The van der Waals surface area contributed by atoms with Crippen molar-refractivity contribution in [2.75, 3.05) is 20.2 Å². The van der Waals surface area contributed by atoms with E-state index in [2.05, 4.69) is 11.7 Å². The van der Waals surface area contributed by atoms with E-state index in [0.29, 0.717) is 0 Å². The fourth-order valence-electron chi connectivity index (χ4n) is 1.20. The van der Waals surface area contributed by atoms with Gasteiger partial charge in [-0.1, -0.05) is 6.92 Å². The van der Waals surface area contributed by atoms with Crippen LogP contribution in [0.2, 0.25) is 0 Å². The third kappa shape index (κ3) is 2.10. The monoisotopic (exact) mass is 156 g/mol. The predicted octanol–water partition coefficient (Wildman–Crippen LogP) is 1.44. The number of carbonyl (C=O) groups excluding carboxylic acids is 1. The van der Waals surface area contributed by atoms with Gasteiger partial charge in [0.1, 0.15) is 0 Å². The van der Waals surface area contributed by atoms with Gasteiger partial charge in [-0.05, 0) is 18.8 Å². The van der Waals surface area contributed by atoms with Crippen molar-refractivity contribution in [1.82, 2.24) is 4.90 Å². The average molecular weight is 156 g/mol. The number of hydrogen-bond donors (Lipinski definition) is 0. The lowest BCUT2D eigenvalue weighted by Gasteiger charge is -2.28. The lowest BCUT2D eigenvalue weighted by Crippen LogP contribution is -2.37. The first-order valence-corrected chi connectivity index (χ1v) is 3.88. The largest absolute Gasteiger partial charge is 0.453 e. The first-order chi connectivity index (χ1) is 5.24. The summed E-state index contributed by atoms with van der Waals surface area (Å²) in [5.74, 6) is 1.48. The molecule has 3 heteroatoms. The lowest BCUT2D eigenvalue weighted by atomic mass is 10.00. The molecule has 63 valence electrons. The van der Waals surface area contributed by atoms with Crippen molar-refractivity contribution in [2.24, 2.45) is 0 Å². The van der Waals surface area contributed by atoms with E-state index in [1.165, 1.54) is 13.0 Å². The van der Waals surface area contributed by atoms with Crippen molar-refractivity contribution in [3.05, 3.63) is 5.92 Å². The maximum Gasteiger partial charge on any atom is 0.409 e. The Kier molecular flexibility index (Phi) is 2.74. The van der Waals surface area contributed by atoms with Crippen LogP contribution in [0.25, 0.3) is 0 Å². The molecule has 0 aromatic rings. The molecule has 0 aromatic carbocycles. The summed E-state index contributed by atoms with van der Waals surface area (Å²) < 4.78 is 4.60. The van der Waals surface area contributed by atoms with Gasteiger partial charge in [0.25, 0.3) is 0 Å². The number of ether oxygens (including phenoxy) is 1. The maximum atomic E-state index is 11.0. The molecule has 0 N–H and O–H groups in total. The number of nitrogens with zero attached hydrogens (tertiary/aromatic N) is 1. The van der Waals surface area contributed by atoms with Gasteiger partial charge in [0.2, 0.25) is 0 Å². The Morgan fingerprint density at radius 2 is 2.00 bits per heavy atom. The van der Waals surface area contributed by atoms with Gasteiger partial charge in [-0.25, -0.2) is 4.79 Å². The number of rotatable bonds is 0. The molecule has 1 aliphatic rings. The predicted molar refractivity (Wildman–Crippen MR) is 42.1 cm³/mol. The van der Waals surface area contributed by atoms with E-state index in [1.807, 2.05) is 0 Å². The van der Waals surface area contributed by atoms with Gasteiger partial charge in [0, 0.05) is 13.1 Å². The number of carbonyl (C=O) groups is 1. The summed E-state index contributed by atoms with van der Waals surface area (Å²) >= 11 is 0. The summed E-state index contributed by atoms with van der Waals surface area (Å²) in [6, 6.07) is 0. The molecule has 1 fully saturated rings. The summed E-state index contributed by atoms with van der Waals surface area (Å²) in [4.78, 5) is 12.7. The van der Waals surface area contributed by atoms with Gasteiger partial charge < -0.3 is 9.64 Å². The van der Waals surface area contributed by atoms with Crippen molar-refractivity contribution < 1.29 is 9.53 Å². The Morgan fingerprint density at radius 3 is 2.45 bits per heavy atom. The number of piperidine rings is 1. The van der Waals surface area contributed by atoms with E-state index in [4.69, 9.17) is 0 Å². The van der Waals surface area contributed by atoms with Crippen molar-refractivity contribution in [2.45, 2.75) is 19.8 Å². The SMILES string of the molecule is COC(=O)N1CC[C](C)CC1. The molecular formula is C8H14NO2. The van der Waals surface area contributed by atoms with E-state index in [0.717, 1.165) is 25.9 Å². The minimum absolute atomic E-state index is 0.197. The van der Waals surface area contributed by atoms with Crippen LogP contribution in [0, 0.1) is 5.92 Å². The molecule has 0 atom stereocenters. The zero-order valence-electron chi connectivity index (χ0n) is 7.09. The molecule has 0 saturated carbocycles. The molecule has 0 spiro atoms. The third-order valence-corrected chi connectivity index (χ3v) is 2.05. The first-order valence-electron chi connectivity index (χ1n) is 3.88. The van der Waals surface area contributed by atoms with Gasteiger partial charge in [-0.2, -0.15) is 0 Å². The summed E-state index contributed by atoms with van der Waals surface area (Å²) in [6.07, 6.45) is 1.85. The molecule has 1 rings (SSSR count).